The van der Waals surface area contributed by atoms with E-state index in [4.69, 9.17) is 5.26 Å². The Hall–Kier alpha value is -0.770. The van der Waals surface area contributed by atoms with Crippen LogP contribution >= 0.6 is 0 Å². The Morgan fingerprint density at radius 3 is 2.86 bits per heavy atom. The zero-order valence-electron chi connectivity index (χ0n) is 4.09. The maximum Gasteiger partial charge on any atom is 0.0697 e. The van der Waals surface area contributed by atoms with Gasteiger partial charge in [-0.2, -0.15) is 5.26 Å². The van der Waals surface area contributed by atoms with Crippen molar-refractivity contribution in [2.24, 2.45) is 5.92 Å². The van der Waals surface area contributed by atoms with E-state index in [2.05, 4.69) is 12.1 Å². The first-order valence-corrected chi connectivity index (χ1v) is 2.50. The minimum atomic E-state index is 0.222. The van der Waals surface area contributed by atoms with Crippen molar-refractivity contribution in [3.63, 3.8) is 0 Å². The Bertz CT molecular complexity index is 119. The maximum absolute atomic E-state index is 8.26. The average molecular weight is 93.1 g/mol. The molecular weight excluding hydrogens is 86.1 g/mol. The van der Waals surface area contributed by atoms with Crippen molar-refractivity contribution in [3.8, 4) is 6.07 Å². The molecule has 0 N–H and O–H groups in total. The standard InChI is InChI=1S/C6H7N/c7-5-6-3-1-2-4-6/h1,3,6H,2,4H2. The number of nitrogens with zero attached hydrogens (tertiary/aromatic N) is 1. The number of hydrogen-bond donors (Lipinski definition) is 0. The van der Waals surface area contributed by atoms with E-state index in [-0.39, 0.29) is 5.92 Å². The lowest BCUT2D eigenvalue weighted by atomic mass is 10.2. The highest BCUT2D eigenvalue weighted by Gasteiger charge is 2.04. The van der Waals surface area contributed by atoms with Crippen molar-refractivity contribution in [3.05, 3.63) is 12.2 Å². The van der Waals surface area contributed by atoms with Crippen molar-refractivity contribution in [2.75, 3.05) is 0 Å². The van der Waals surface area contributed by atoms with Crippen molar-refractivity contribution in [1.82, 2.24) is 0 Å². The fourth-order valence-electron chi connectivity index (χ4n) is 0.740. The van der Waals surface area contributed by atoms with Crippen LogP contribution in [0, 0.1) is 17.2 Å². The van der Waals surface area contributed by atoms with Gasteiger partial charge in [-0.1, -0.05) is 12.2 Å². The van der Waals surface area contributed by atoms with Crippen LogP contribution in [0.3, 0.4) is 0 Å². The van der Waals surface area contributed by atoms with Gasteiger partial charge in [-0.25, -0.2) is 0 Å². The zero-order chi connectivity index (χ0) is 5.11. The lowest BCUT2D eigenvalue weighted by molar-refractivity contribution is 0.785. The molecule has 0 spiro atoms. The summed E-state index contributed by atoms with van der Waals surface area (Å²) in [5.74, 6) is 0.222. The predicted octanol–water partition coefficient (Wildman–Crippen LogP) is 1.48. The molecule has 0 heterocycles. The van der Waals surface area contributed by atoms with E-state index < -0.39 is 0 Å². The van der Waals surface area contributed by atoms with E-state index in [0.29, 0.717) is 0 Å². The van der Waals surface area contributed by atoms with E-state index in [9.17, 15) is 0 Å². The normalized spacial score (nSPS) is 27.6. The minimum absolute atomic E-state index is 0.222. The quantitative estimate of drug-likeness (QED) is 0.416. The van der Waals surface area contributed by atoms with Crippen LogP contribution in [0.2, 0.25) is 0 Å². The number of allylic oxidation sites excluding steroid dienone is 2. The van der Waals surface area contributed by atoms with Gasteiger partial charge >= 0.3 is 0 Å². The molecule has 36 valence electrons. The Morgan fingerprint density at radius 1 is 1.71 bits per heavy atom. The highest BCUT2D eigenvalue weighted by atomic mass is 14.3. The Morgan fingerprint density at radius 2 is 2.57 bits per heavy atom. The summed E-state index contributed by atoms with van der Waals surface area (Å²) in [6.45, 7) is 0. The minimum Gasteiger partial charge on any atom is -0.198 e. The Labute approximate surface area is 43.3 Å². The average Bonchev–Trinajstić information content (AvgIpc) is 2.14. The molecule has 0 aromatic heterocycles. The zero-order valence-corrected chi connectivity index (χ0v) is 4.09. The van der Waals surface area contributed by atoms with E-state index in [1.807, 2.05) is 6.08 Å². The van der Waals surface area contributed by atoms with Gasteiger partial charge in [0.2, 0.25) is 0 Å². The van der Waals surface area contributed by atoms with E-state index >= 15 is 0 Å². The van der Waals surface area contributed by atoms with Crippen LogP contribution in [-0.2, 0) is 0 Å². The smallest absolute Gasteiger partial charge is 0.0697 e. The summed E-state index contributed by atoms with van der Waals surface area (Å²) in [5, 5.41) is 8.26. The Kier molecular flexibility index (Phi) is 1.12. The molecule has 0 amide bonds. The second kappa shape index (κ2) is 1.79. The van der Waals surface area contributed by atoms with Crippen LogP contribution < -0.4 is 0 Å². The number of nitriles is 1. The highest BCUT2D eigenvalue weighted by Crippen LogP contribution is 2.14. The molecule has 0 saturated carbocycles. The molecule has 0 bridgehead atoms. The van der Waals surface area contributed by atoms with Gasteiger partial charge in [-0.15, -0.1) is 0 Å². The third-order valence-electron chi connectivity index (χ3n) is 1.18. The first-order chi connectivity index (χ1) is 3.43. The fraction of sp³-hybridized carbons (Fsp3) is 0.500. The third-order valence-corrected chi connectivity index (χ3v) is 1.18. The summed E-state index contributed by atoms with van der Waals surface area (Å²) >= 11 is 0. The largest absolute Gasteiger partial charge is 0.198 e. The SMILES string of the molecule is N#CC1C=CCC1. The lowest BCUT2D eigenvalue weighted by Crippen LogP contribution is -1.81. The van der Waals surface area contributed by atoms with Gasteiger partial charge in [0.25, 0.3) is 0 Å². The summed E-state index contributed by atoms with van der Waals surface area (Å²) in [6.07, 6.45) is 6.17. The molecule has 1 heteroatoms. The van der Waals surface area contributed by atoms with Crippen LogP contribution in [0.5, 0.6) is 0 Å². The first-order valence-electron chi connectivity index (χ1n) is 2.50. The fourth-order valence-corrected chi connectivity index (χ4v) is 0.740. The van der Waals surface area contributed by atoms with Gasteiger partial charge in [0.05, 0.1) is 12.0 Å². The van der Waals surface area contributed by atoms with Crippen molar-refractivity contribution in [1.29, 1.82) is 5.26 Å². The second-order valence-corrected chi connectivity index (χ2v) is 1.74. The molecule has 0 aromatic carbocycles. The first kappa shape index (κ1) is 4.39. The van der Waals surface area contributed by atoms with Crippen molar-refractivity contribution >= 4 is 0 Å². The molecule has 7 heavy (non-hydrogen) atoms. The third kappa shape index (κ3) is 0.806. The molecule has 0 saturated heterocycles. The number of hydrogen-bond acceptors (Lipinski definition) is 1. The summed E-state index contributed by atoms with van der Waals surface area (Å²) in [4.78, 5) is 0. The molecule has 0 aromatic rings. The summed E-state index contributed by atoms with van der Waals surface area (Å²) in [5.41, 5.74) is 0. The summed E-state index contributed by atoms with van der Waals surface area (Å²) < 4.78 is 0. The molecule has 1 aliphatic rings. The lowest BCUT2D eigenvalue weighted by Gasteiger charge is -1.86. The molecular formula is C6H7N. The van der Waals surface area contributed by atoms with Gasteiger partial charge in [0.15, 0.2) is 0 Å². The predicted molar refractivity (Wildman–Crippen MR) is 27.5 cm³/mol. The highest BCUT2D eigenvalue weighted by molar-refractivity contribution is 5.05. The molecule has 1 unspecified atom stereocenters. The van der Waals surface area contributed by atoms with Crippen LogP contribution in [-0.4, -0.2) is 0 Å². The van der Waals surface area contributed by atoms with Gasteiger partial charge in [0, 0.05) is 0 Å². The van der Waals surface area contributed by atoms with Gasteiger partial charge in [-0.05, 0) is 12.8 Å². The van der Waals surface area contributed by atoms with E-state index in [1.54, 1.807) is 0 Å². The second-order valence-electron chi connectivity index (χ2n) is 1.74. The molecule has 1 rings (SSSR count). The Balaban J connectivity index is 2.47. The topological polar surface area (TPSA) is 23.8 Å². The summed E-state index contributed by atoms with van der Waals surface area (Å²) in [6, 6.07) is 2.18. The number of rotatable bonds is 0. The monoisotopic (exact) mass is 93.1 g/mol. The molecule has 1 aliphatic carbocycles. The molecule has 0 aliphatic heterocycles. The van der Waals surface area contributed by atoms with Crippen molar-refractivity contribution < 1.29 is 0 Å². The van der Waals surface area contributed by atoms with Crippen LogP contribution in [0.25, 0.3) is 0 Å². The molecule has 1 atom stereocenters. The molecule has 1 nitrogen and oxygen atoms in total. The van der Waals surface area contributed by atoms with Gasteiger partial charge in [0.1, 0.15) is 0 Å². The van der Waals surface area contributed by atoms with Crippen LogP contribution in [0.15, 0.2) is 12.2 Å². The van der Waals surface area contributed by atoms with Crippen LogP contribution in [0.1, 0.15) is 12.8 Å². The van der Waals surface area contributed by atoms with Gasteiger partial charge in [-0.3, -0.25) is 0 Å². The maximum atomic E-state index is 8.26. The van der Waals surface area contributed by atoms with E-state index in [0.717, 1.165) is 12.8 Å². The van der Waals surface area contributed by atoms with Crippen molar-refractivity contribution in [2.45, 2.75) is 12.8 Å². The van der Waals surface area contributed by atoms with E-state index in [1.165, 1.54) is 0 Å². The molecule has 0 radical (unpaired) electrons. The van der Waals surface area contributed by atoms with Crippen LogP contribution in [0.4, 0.5) is 0 Å². The molecule has 0 fully saturated rings. The summed E-state index contributed by atoms with van der Waals surface area (Å²) in [7, 11) is 0. The van der Waals surface area contributed by atoms with Gasteiger partial charge < -0.3 is 0 Å².